The number of benzene rings is 1. The second-order valence-electron chi connectivity index (χ2n) is 11.1. The van der Waals surface area contributed by atoms with Gasteiger partial charge < -0.3 is 0 Å². The Kier molecular flexibility index (Phi) is 14.7. The van der Waals surface area contributed by atoms with E-state index in [2.05, 4.69) is 90.1 Å². The van der Waals surface area contributed by atoms with Crippen LogP contribution >= 0.6 is 0 Å². The number of rotatable bonds is 18. The molecule has 182 valence electrons. The van der Waals surface area contributed by atoms with Crippen molar-refractivity contribution in [1.29, 1.82) is 0 Å². The van der Waals surface area contributed by atoms with Gasteiger partial charge in [-0.15, -0.1) is 0 Å². The first-order valence-corrected chi connectivity index (χ1v) is 13.7. The minimum atomic E-state index is 0.162. The summed E-state index contributed by atoms with van der Waals surface area (Å²) in [6.07, 6.45) is 28.1. The van der Waals surface area contributed by atoms with Crippen LogP contribution in [0.2, 0.25) is 0 Å². The maximum atomic E-state index is 2.43. The molecule has 0 unspecified atom stereocenters. The Morgan fingerprint density at radius 1 is 0.531 bits per heavy atom. The highest BCUT2D eigenvalue weighted by Crippen LogP contribution is 2.38. The lowest BCUT2D eigenvalue weighted by Crippen LogP contribution is -2.25. The summed E-state index contributed by atoms with van der Waals surface area (Å²) in [7, 11) is 0. The fourth-order valence-corrected chi connectivity index (χ4v) is 4.61. The molecule has 0 heterocycles. The molecule has 0 spiro atoms. The van der Waals surface area contributed by atoms with Crippen molar-refractivity contribution in [1.82, 2.24) is 0 Å². The summed E-state index contributed by atoms with van der Waals surface area (Å²) < 4.78 is 0. The van der Waals surface area contributed by atoms with Crippen LogP contribution in [0.15, 0.2) is 48.6 Å². The molecule has 1 aromatic rings. The molecule has 0 heteroatoms. The van der Waals surface area contributed by atoms with Crippen LogP contribution < -0.4 is 0 Å². The number of hydrogen-bond acceptors (Lipinski definition) is 0. The van der Waals surface area contributed by atoms with Crippen molar-refractivity contribution >= 4 is 0 Å². The summed E-state index contributed by atoms with van der Waals surface area (Å²) in [5.41, 5.74) is 3.36. The Hall–Kier alpha value is -1.30. The first kappa shape index (κ1) is 28.7. The predicted octanol–water partition coefficient (Wildman–Crippen LogP) is 10.9. The Bertz CT molecular complexity index is 587. The molecular weight excluding hydrogens is 384 g/mol. The Morgan fingerprint density at radius 2 is 0.906 bits per heavy atom. The van der Waals surface area contributed by atoms with Crippen molar-refractivity contribution < 1.29 is 0 Å². The van der Waals surface area contributed by atoms with Gasteiger partial charge in [0.25, 0.3) is 0 Å². The average Bonchev–Trinajstić information content (AvgIpc) is 2.77. The van der Waals surface area contributed by atoms with Crippen LogP contribution in [0.25, 0.3) is 0 Å². The quantitative estimate of drug-likeness (QED) is 0.158. The third-order valence-electron chi connectivity index (χ3n) is 6.92. The van der Waals surface area contributed by atoms with Crippen molar-refractivity contribution in [2.24, 2.45) is 0 Å². The largest absolute Gasteiger partial charge is 0.0885 e. The molecule has 1 rings (SSSR count). The maximum Gasteiger partial charge on any atom is -0.00662 e. The van der Waals surface area contributed by atoms with Crippen LogP contribution in [0.5, 0.6) is 0 Å². The fraction of sp³-hybridized carbons (Fsp3) is 0.688. The van der Waals surface area contributed by atoms with Gasteiger partial charge in [0, 0.05) is 0 Å². The fourth-order valence-electron chi connectivity index (χ4n) is 4.61. The molecule has 0 amide bonds. The monoisotopic (exact) mass is 438 g/mol. The van der Waals surface area contributed by atoms with E-state index in [1.165, 1.54) is 88.2 Å². The van der Waals surface area contributed by atoms with Crippen molar-refractivity contribution in [3.63, 3.8) is 0 Å². The maximum absolute atomic E-state index is 2.43. The van der Waals surface area contributed by atoms with Gasteiger partial charge in [0.1, 0.15) is 0 Å². The lowest BCUT2D eigenvalue weighted by molar-refractivity contribution is 0.479. The normalized spacial score (nSPS) is 12.9. The van der Waals surface area contributed by atoms with Crippen molar-refractivity contribution in [3.8, 4) is 0 Å². The zero-order valence-corrected chi connectivity index (χ0v) is 22.5. The first-order chi connectivity index (χ1) is 15.3. The molecule has 0 N–H and O–H groups in total. The van der Waals surface area contributed by atoms with Gasteiger partial charge in [0.15, 0.2) is 0 Å². The second-order valence-corrected chi connectivity index (χ2v) is 11.1. The Morgan fingerprint density at radius 3 is 1.28 bits per heavy atom. The summed E-state index contributed by atoms with van der Waals surface area (Å²) in [5.74, 6) is 0. The summed E-state index contributed by atoms with van der Waals surface area (Å²) >= 11 is 0. The zero-order chi connectivity index (χ0) is 23.7. The van der Waals surface area contributed by atoms with Gasteiger partial charge in [-0.25, -0.2) is 0 Å². The molecule has 0 saturated heterocycles. The smallest absolute Gasteiger partial charge is 0.00662 e. The highest BCUT2D eigenvalue weighted by molar-refractivity contribution is 5.39. The molecule has 0 radical (unpaired) electrons. The first-order valence-electron chi connectivity index (χ1n) is 13.7. The van der Waals surface area contributed by atoms with Crippen LogP contribution in [0.1, 0.15) is 143 Å². The van der Waals surface area contributed by atoms with Gasteiger partial charge in [-0.2, -0.15) is 0 Å². The highest BCUT2D eigenvalue weighted by atomic mass is 14.3. The van der Waals surface area contributed by atoms with Crippen LogP contribution in [0.4, 0.5) is 0 Å². The van der Waals surface area contributed by atoms with E-state index in [4.69, 9.17) is 0 Å². The highest BCUT2D eigenvalue weighted by Gasteiger charge is 2.29. The molecule has 32 heavy (non-hydrogen) atoms. The van der Waals surface area contributed by atoms with E-state index in [0.717, 1.165) is 12.8 Å². The van der Waals surface area contributed by atoms with E-state index in [0.29, 0.717) is 0 Å². The third-order valence-corrected chi connectivity index (χ3v) is 6.92. The average molecular weight is 439 g/mol. The Balaban J connectivity index is 2.63. The number of hydrogen-bond donors (Lipinski definition) is 0. The summed E-state index contributed by atoms with van der Waals surface area (Å²) in [6, 6.07) is 9.18. The van der Waals surface area contributed by atoms with Crippen LogP contribution in [0, 0.1) is 0 Å². The van der Waals surface area contributed by atoms with Crippen molar-refractivity contribution in [3.05, 3.63) is 59.7 Å². The van der Waals surface area contributed by atoms with Crippen molar-refractivity contribution in [2.75, 3.05) is 0 Å². The standard InChI is InChI=1S/C32H54/c1-7-9-11-13-15-17-19-23-27-31(3,4)29-25-21-22-26-30(29)32(5,6)28-24-20-18-16-14-12-10-8-2/h19-26H,7-18,27-28H2,1-6H3. The molecule has 0 nitrogen and oxygen atoms in total. The van der Waals surface area contributed by atoms with E-state index in [1.54, 1.807) is 0 Å². The number of unbranched alkanes of at least 4 members (excludes halogenated alkanes) is 10. The van der Waals surface area contributed by atoms with E-state index in [9.17, 15) is 0 Å². The van der Waals surface area contributed by atoms with E-state index in [-0.39, 0.29) is 10.8 Å². The molecule has 0 aliphatic carbocycles. The SMILES string of the molecule is CCCCCCCC=CCC(C)(C)c1ccccc1C(C)(C)CC=CCCCCCCC. The molecule has 0 aromatic heterocycles. The van der Waals surface area contributed by atoms with Gasteiger partial charge in [0.2, 0.25) is 0 Å². The number of allylic oxidation sites excluding steroid dienone is 4. The lowest BCUT2D eigenvalue weighted by Gasteiger charge is -2.33. The van der Waals surface area contributed by atoms with Crippen LogP contribution in [-0.4, -0.2) is 0 Å². The molecule has 0 aliphatic heterocycles. The van der Waals surface area contributed by atoms with E-state index in [1.807, 2.05) is 0 Å². The van der Waals surface area contributed by atoms with Gasteiger partial charge in [-0.3, -0.25) is 0 Å². The Labute approximate surface area is 202 Å². The van der Waals surface area contributed by atoms with Gasteiger partial charge in [0.05, 0.1) is 0 Å². The van der Waals surface area contributed by atoms with Crippen LogP contribution in [-0.2, 0) is 10.8 Å². The third kappa shape index (κ3) is 11.5. The van der Waals surface area contributed by atoms with Gasteiger partial charge >= 0.3 is 0 Å². The van der Waals surface area contributed by atoms with Gasteiger partial charge in [-0.05, 0) is 60.5 Å². The van der Waals surface area contributed by atoms with Gasteiger partial charge in [-0.1, -0.05) is 141 Å². The minimum absolute atomic E-state index is 0.162. The molecule has 1 aromatic carbocycles. The molecule has 0 bridgehead atoms. The lowest BCUT2D eigenvalue weighted by atomic mass is 9.71. The summed E-state index contributed by atoms with van der Waals surface area (Å²) in [6.45, 7) is 14.2. The molecular formula is C32H54. The van der Waals surface area contributed by atoms with Crippen molar-refractivity contribution in [2.45, 2.75) is 142 Å². The summed E-state index contributed by atoms with van der Waals surface area (Å²) in [5, 5.41) is 0. The zero-order valence-electron chi connectivity index (χ0n) is 22.5. The predicted molar refractivity (Wildman–Crippen MR) is 147 cm³/mol. The molecule has 0 aliphatic rings. The molecule has 0 saturated carbocycles. The second kappa shape index (κ2) is 16.3. The van der Waals surface area contributed by atoms with E-state index < -0.39 is 0 Å². The van der Waals surface area contributed by atoms with Crippen LogP contribution in [0.3, 0.4) is 0 Å². The molecule has 0 atom stereocenters. The topological polar surface area (TPSA) is 0 Å². The molecule has 0 fully saturated rings. The minimum Gasteiger partial charge on any atom is -0.0885 e. The van der Waals surface area contributed by atoms with E-state index >= 15 is 0 Å². The summed E-state index contributed by atoms with van der Waals surface area (Å²) in [4.78, 5) is 0.